The van der Waals surface area contributed by atoms with Gasteiger partial charge in [-0.25, -0.2) is 13.2 Å². The number of anilines is 1. The lowest BCUT2D eigenvalue weighted by Crippen LogP contribution is -2.50. The molecular formula is C18H20ClN3O5S. The number of ether oxygens (including phenoxy) is 1. The summed E-state index contributed by atoms with van der Waals surface area (Å²) in [5.74, 6) is -0.209. The lowest BCUT2D eigenvalue weighted by molar-refractivity contribution is -0.121. The Morgan fingerprint density at radius 3 is 2.21 bits per heavy atom. The van der Waals surface area contributed by atoms with Gasteiger partial charge in [-0.15, -0.1) is 0 Å². The fourth-order valence-corrected chi connectivity index (χ4v) is 2.95. The summed E-state index contributed by atoms with van der Waals surface area (Å²) in [7, 11) is -2.25. The van der Waals surface area contributed by atoms with E-state index in [0.29, 0.717) is 22.0 Å². The fraction of sp³-hybridized carbons (Fsp3) is 0.222. The maximum Gasteiger partial charge on any atom is 0.319 e. The third kappa shape index (κ3) is 7.09. The van der Waals surface area contributed by atoms with E-state index in [1.54, 1.807) is 48.5 Å². The molecule has 0 bridgehead atoms. The van der Waals surface area contributed by atoms with Crippen LogP contribution in [0.5, 0.6) is 5.75 Å². The first kappa shape index (κ1) is 21.5. The van der Waals surface area contributed by atoms with Crippen molar-refractivity contribution in [2.75, 3.05) is 18.7 Å². The third-order valence-corrected chi connectivity index (χ3v) is 4.43. The minimum absolute atomic E-state index is 0.0827. The fourth-order valence-electron chi connectivity index (χ4n) is 2.32. The molecule has 150 valence electrons. The van der Waals surface area contributed by atoms with Crippen molar-refractivity contribution in [3.63, 3.8) is 0 Å². The van der Waals surface area contributed by atoms with E-state index in [1.165, 1.54) is 7.11 Å². The number of hydrogen-bond donors (Lipinski definition) is 3. The van der Waals surface area contributed by atoms with Crippen molar-refractivity contribution in [1.82, 2.24) is 10.0 Å². The van der Waals surface area contributed by atoms with Crippen LogP contribution in [-0.2, 0) is 21.2 Å². The van der Waals surface area contributed by atoms with Gasteiger partial charge in [-0.3, -0.25) is 9.52 Å². The molecule has 2 aromatic carbocycles. The van der Waals surface area contributed by atoms with Crippen LogP contribution in [-0.4, -0.2) is 39.8 Å². The van der Waals surface area contributed by atoms with E-state index in [1.807, 2.05) is 4.72 Å². The Hall–Kier alpha value is -2.78. The number of hydrogen-bond acceptors (Lipinski definition) is 5. The molecule has 0 aromatic heterocycles. The summed E-state index contributed by atoms with van der Waals surface area (Å²) in [4.78, 5) is 24.6. The molecule has 8 nitrogen and oxygen atoms in total. The van der Waals surface area contributed by atoms with Gasteiger partial charge >= 0.3 is 6.03 Å². The zero-order valence-electron chi connectivity index (χ0n) is 15.2. The van der Waals surface area contributed by atoms with Crippen LogP contribution in [0.4, 0.5) is 10.5 Å². The smallest absolute Gasteiger partial charge is 0.319 e. The van der Waals surface area contributed by atoms with Crippen molar-refractivity contribution in [1.29, 1.82) is 0 Å². The Kier molecular flexibility index (Phi) is 7.24. The SMILES string of the molecule is COc1ccc(CC(NC(=O)Nc2ccc(Cl)cc2)C(=O)NS(C)(=O)=O)cc1. The van der Waals surface area contributed by atoms with Crippen molar-refractivity contribution >= 4 is 39.2 Å². The first-order valence-electron chi connectivity index (χ1n) is 8.14. The first-order chi connectivity index (χ1) is 13.2. The van der Waals surface area contributed by atoms with Crippen LogP contribution in [0.15, 0.2) is 48.5 Å². The van der Waals surface area contributed by atoms with E-state index in [-0.39, 0.29) is 6.42 Å². The van der Waals surface area contributed by atoms with Crippen LogP contribution in [0.3, 0.4) is 0 Å². The second-order valence-electron chi connectivity index (χ2n) is 5.95. The average Bonchev–Trinajstić information content (AvgIpc) is 2.62. The summed E-state index contributed by atoms with van der Waals surface area (Å²) in [6.07, 6.45) is 0.947. The highest BCUT2D eigenvalue weighted by Gasteiger charge is 2.24. The lowest BCUT2D eigenvalue weighted by Gasteiger charge is -2.18. The summed E-state index contributed by atoms with van der Waals surface area (Å²) >= 11 is 5.80. The number of sulfonamides is 1. The molecular weight excluding hydrogens is 406 g/mol. The molecule has 10 heteroatoms. The Bertz CT molecular complexity index is 931. The maximum absolute atomic E-state index is 12.3. The van der Waals surface area contributed by atoms with Crippen LogP contribution in [0.2, 0.25) is 5.02 Å². The number of amides is 3. The Labute approximate surface area is 168 Å². The molecule has 0 aliphatic rings. The number of benzene rings is 2. The van der Waals surface area contributed by atoms with Gasteiger partial charge in [0, 0.05) is 17.1 Å². The van der Waals surface area contributed by atoms with Gasteiger partial charge in [0.25, 0.3) is 5.91 Å². The lowest BCUT2D eigenvalue weighted by atomic mass is 10.1. The molecule has 0 aliphatic heterocycles. The summed E-state index contributed by atoms with van der Waals surface area (Å²) in [5.41, 5.74) is 1.18. The van der Waals surface area contributed by atoms with Gasteiger partial charge in [-0.2, -0.15) is 0 Å². The number of carbonyl (C=O) groups excluding carboxylic acids is 2. The van der Waals surface area contributed by atoms with Gasteiger partial charge in [0.1, 0.15) is 11.8 Å². The van der Waals surface area contributed by atoms with Crippen LogP contribution in [0.25, 0.3) is 0 Å². The molecule has 0 heterocycles. The molecule has 2 rings (SSSR count). The Morgan fingerprint density at radius 2 is 1.68 bits per heavy atom. The summed E-state index contributed by atoms with van der Waals surface area (Å²) < 4.78 is 29.8. The number of methoxy groups -OCH3 is 1. The highest BCUT2D eigenvalue weighted by molar-refractivity contribution is 7.89. The van der Waals surface area contributed by atoms with Gasteiger partial charge in [0.05, 0.1) is 13.4 Å². The number of nitrogens with one attached hydrogen (secondary N) is 3. The molecule has 0 saturated carbocycles. The largest absolute Gasteiger partial charge is 0.497 e. The van der Waals surface area contributed by atoms with Crippen LogP contribution < -0.4 is 20.1 Å². The van der Waals surface area contributed by atoms with Crippen LogP contribution in [0.1, 0.15) is 5.56 Å². The second-order valence-corrected chi connectivity index (χ2v) is 8.13. The average molecular weight is 426 g/mol. The highest BCUT2D eigenvalue weighted by atomic mass is 35.5. The summed E-state index contributed by atoms with van der Waals surface area (Å²) in [6, 6.07) is 11.5. The van der Waals surface area contributed by atoms with Crippen molar-refractivity contribution in [3.05, 3.63) is 59.1 Å². The molecule has 0 saturated heterocycles. The molecule has 2 aromatic rings. The molecule has 0 radical (unpaired) electrons. The topological polar surface area (TPSA) is 114 Å². The zero-order valence-corrected chi connectivity index (χ0v) is 16.8. The molecule has 0 aliphatic carbocycles. The van der Waals surface area contributed by atoms with Gasteiger partial charge in [0.2, 0.25) is 10.0 Å². The molecule has 3 N–H and O–H groups in total. The molecule has 1 unspecified atom stereocenters. The third-order valence-electron chi connectivity index (χ3n) is 3.61. The van der Waals surface area contributed by atoms with Gasteiger partial charge < -0.3 is 15.4 Å². The quantitative estimate of drug-likeness (QED) is 0.629. The predicted molar refractivity (Wildman–Crippen MR) is 107 cm³/mol. The Morgan fingerprint density at radius 1 is 1.07 bits per heavy atom. The van der Waals surface area contributed by atoms with Crippen LogP contribution in [0, 0.1) is 0 Å². The van der Waals surface area contributed by atoms with Crippen molar-refractivity contribution in [3.8, 4) is 5.75 Å². The monoisotopic (exact) mass is 425 g/mol. The van der Waals surface area contributed by atoms with Gasteiger partial charge in [0.15, 0.2) is 0 Å². The van der Waals surface area contributed by atoms with E-state index in [2.05, 4.69) is 10.6 Å². The first-order valence-corrected chi connectivity index (χ1v) is 10.4. The number of rotatable bonds is 7. The van der Waals surface area contributed by atoms with Crippen molar-refractivity contribution < 1.29 is 22.7 Å². The second kappa shape index (κ2) is 9.43. The van der Waals surface area contributed by atoms with Crippen molar-refractivity contribution in [2.45, 2.75) is 12.5 Å². The van der Waals surface area contributed by atoms with E-state index in [0.717, 1.165) is 6.26 Å². The predicted octanol–water partition coefficient (Wildman–Crippen LogP) is 2.16. The van der Waals surface area contributed by atoms with Crippen molar-refractivity contribution in [2.24, 2.45) is 0 Å². The maximum atomic E-state index is 12.3. The van der Waals surface area contributed by atoms with E-state index in [9.17, 15) is 18.0 Å². The molecule has 28 heavy (non-hydrogen) atoms. The van der Waals surface area contributed by atoms with Gasteiger partial charge in [-0.05, 0) is 42.0 Å². The molecule has 1 atom stereocenters. The Balaban J connectivity index is 2.12. The van der Waals surface area contributed by atoms with E-state index < -0.39 is 28.0 Å². The molecule has 0 spiro atoms. The minimum atomic E-state index is -3.78. The summed E-state index contributed by atoms with van der Waals surface area (Å²) in [5, 5.41) is 5.56. The number of halogens is 1. The van der Waals surface area contributed by atoms with E-state index >= 15 is 0 Å². The minimum Gasteiger partial charge on any atom is -0.497 e. The summed E-state index contributed by atoms with van der Waals surface area (Å²) in [6.45, 7) is 0. The number of urea groups is 1. The highest BCUT2D eigenvalue weighted by Crippen LogP contribution is 2.14. The molecule has 3 amide bonds. The van der Waals surface area contributed by atoms with Crippen LogP contribution >= 0.6 is 11.6 Å². The van der Waals surface area contributed by atoms with E-state index in [4.69, 9.17) is 16.3 Å². The zero-order chi connectivity index (χ0) is 20.7. The normalized spacial score (nSPS) is 12.0. The molecule has 0 fully saturated rings. The number of carbonyl (C=O) groups is 2. The van der Waals surface area contributed by atoms with Gasteiger partial charge in [-0.1, -0.05) is 23.7 Å². The standard InChI is InChI=1S/C18H20ClN3O5S/c1-27-15-9-3-12(4-10-15)11-16(17(23)22-28(2,25)26)21-18(24)20-14-7-5-13(19)6-8-14/h3-10,16H,11H2,1-2H3,(H,22,23)(H2,20,21,24).